The maximum absolute atomic E-state index is 8.55. The molecule has 0 N–H and O–H groups in total. The van der Waals surface area contributed by atoms with Crippen LogP contribution in [0, 0.1) is 0 Å². The third kappa shape index (κ3) is 18.4. The molecule has 0 saturated heterocycles. The van der Waals surface area contributed by atoms with Crippen LogP contribution in [0.25, 0.3) is 0 Å². The van der Waals surface area contributed by atoms with Crippen molar-refractivity contribution in [1.29, 1.82) is 0 Å². The van der Waals surface area contributed by atoms with Gasteiger partial charge in [-0.25, -0.2) is 0 Å². The van der Waals surface area contributed by atoms with E-state index in [4.69, 9.17) is 19.2 Å². The Morgan fingerprint density at radius 1 is 0.237 bits per heavy atom. The lowest BCUT2D eigenvalue weighted by Gasteiger charge is -2.36. The summed E-state index contributed by atoms with van der Waals surface area (Å²) in [7, 11) is -10.2. The van der Waals surface area contributed by atoms with E-state index in [1.807, 2.05) is 0 Å². The summed E-state index contributed by atoms with van der Waals surface area (Å²) >= 11 is 0. The second-order valence-corrected chi connectivity index (χ2v) is 32.0. The largest absolute Gasteiger partial charge is 0.822 e. The van der Waals surface area contributed by atoms with Gasteiger partial charge in [0.1, 0.15) is 69.5 Å². The molecule has 0 unspecified atom stereocenters. The van der Waals surface area contributed by atoms with Gasteiger partial charge in [0.15, 0.2) is 0 Å². The Bertz CT molecular complexity index is 2420. The minimum Gasteiger partial charge on any atom is -0.822 e. The molecule has 9 aromatic carbocycles. The van der Waals surface area contributed by atoms with Gasteiger partial charge in [-0.2, -0.15) is 7.82 Å². The summed E-state index contributed by atoms with van der Waals surface area (Å²) in [6.45, 7) is 6.86. The van der Waals surface area contributed by atoms with Crippen LogP contribution in [0.2, 0.25) is 0 Å². The first-order valence-corrected chi connectivity index (χ1v) is 36.4. The molecule has 416 valence electrons. The fraction of sp³-hybridized carbons (Fsp3) is 0.250. The van der Waals surface area contributed by atoms with E-state index in [2.05, 4.69) is 294 Å². The predicted molar refractivity (Wildman–Crippen MR) is 350 cm³/mol. The first kappa shape index (κ1) is 63.6. The Balaban J connectivity index is 0.000000185. The quantitative estimate of drug-likeness (QED) is 0.0446. The van der Waals surface area contributed by atoms with Gasteiger partial charge in [-0.1, -0.05) is 223 Å². The van der Waals surface area contributed by atoms with E-state index >= 15 is 0 Å². The Labute approximate surface area is 483 Å². The lowest BCUT2D eigenvalue weighted by atomic mass is 10.2. The lowest BCUT2D eigenvalue weighted by molar-refractivity contribution is -0.432. The monoisotopic (exact) mass is 1140 g/mol. The SMILES string of the molecule is CCCCCC[P+](c1ccccc1)(c1ccccc1)c1ccccc1.CCCCCC[P+](c1ccccc1)(c1ccccc1)c1ccccc1.CCCCCC[P+](c1ccccc1)(c1ccccc1)c1ccccc1.O=P([O-])([O-])[O-]. The molecule has 0 bridgehead atoms. The van der Waals surface area contributed by atoms with E-state index in [0.29, 0.717) is 0 Å². The minimum absolute atomic E-state index is 1.25. The molecule has 0 aliphatic rings. The van der Waals surface area contributed by atoms with Crippen molar-refractivity contribution in [2.24, 2.45) is 0 Å². The number of rotatable bonds is 24. The van der Waals surface area contributed by atoms with Crippen molar-refractivity contribution < 1.29 is 19.2 Å². The second kappa shape index (κ2) is 34.6. The molecule has 0 heterocycles. The van der Waals surface area contributed by atoms with E-state index in [-0.39, 0.29) is 0 Å². The predicted octanol–water partition coefficient (Wildman–Crippen LogP) is 13.9. The fourth-order valence-electron chi connectivity index (χ4n) is 11.0. The smallest absolute Gasteiger partial charge is 0.112 e. The molecule has 9 rings (SSSR count). The van der Waals surface area contributed by atoms with Gasteiger partial charge >= 0.3 is 0 Å². The molecular formula is C72H84O4P4. The van der Waals surface area contributed by atoms with Crippen molar-refractivity contribution >= 4 is 77.4 Å². The third-order valence-electron chi connectivity index (χ3n) is 14.8. The van der Waals surface area contributed by atoms with E-state index < -0.39 is 29.6 Å². The normalized spacial score (nSPS) is 11.4. The maximum atomic E-state index is 8.55. The van der Waals surface area contributed by atoms with Gasteiger partial charge in [0, 0.05) is 0 Å². The van der Waals surface area contributed by atoms with Crippen molar-refractivity contribution in [1.82, 2.24) is 0 Å². The highest BCUT2D eigenvalue weighted by Gasteiger charge is 2.46. The van der Waals surface area contributed by atoms with E-state index in [9.17, 15) is 0 Å². The Morgan fingerprint density at radius 3 is 0.475 bits per heavy atom. The van der Waals surface area contributed by atoms with E-state index in [1.54, 1.807) is 0 Å². The highest BCUT2D eigenvalue weighted by Crippen LogP contribution is 2.58. The Morgan fingerprint density at radius 2 is 0.362 bits per heavy atom. The zero-order valence-electron chi connectivity index (χ0n) is 47.5. The van der Waals surface area contributed by atoms with Crippen LogP contribution in [0.4, 0.5) is 0 Å². The number of unbranched alkanes of at least 4 members (excludes halogenated alkanes) is 9. The fourth-order valence-corrected chi connectivity index (χ4v) is 24.2. The van der Waals surface area contributed by atoms with Crippen LogP contribution >= 0.6 is 29.6 Å². The van der Waals surface area contributed by atoms with Crippen molar-refractivity contribution in [3.8, 4) is 0 Å². The molecule has 0 aliphatic carbocycles. The van der Waals surface area contributed by atoms with Crippen LogP contribution in [0.1, 0.15) is 97.8 Å². The number of hydrogen-bond donors (Lipinski definition) is 0. The van der Waals surface area contributed by atoms with Crippen LogP contribution in [-0.2, 0) is 4.57 Å². The first-order chi connectivity index (χ1) is 39.1. The van der Waals surface area contributed by atoms with Gasteiger partial charge in [-0.05, 0) is 148 Å². The van der Waals surface area contributed by atoms with Gasteiger partial charge in [0.25, 0.3) is 0 Å². The zero-order chi connectivity index (χ0) is 56.6. The molecule has 0 aromatic heterocycles. The van der Waals surface area contributed by atoms with Crippen molar-refractivity contribution in [3.63, 3.8) is 0 Å². The summed E-state index contributed by atoms with van der Waals surface area (Å²) < 4.78 is 8.55. The Hall–Kier alpha value is -5.62. The lowest BCUT2D eigenvalue weighted by Crippen LogP contribution is -2.33. The molecule has 0 aliphatic heterocycles. The van der Waals surface area contributed by atoms with Crippen molar-refractivity contribution in [2.75, 3.05) is 18.5 Å². The first-order valence-electron chi connectivity index (χ1n) is 29.0. The van der Waals surface area contributed by atoms with Crippen molar-refractivity contribution in [3.05, 3.63) is 273 Å². The molecule has 0 fully saturated rings. The molecular weight excluding hydrogens is 1050 g/mol. The van der Waals surface area contributed by atoms with E-state index in [0.717, 1.165) is 0 Å². The summed E-state index contributed by atoms with van der Waals surface area (Å²) in [5.74, 6) is 0. The zero-order valence-corrected chi connectivity index (χ0v) is 51.1. The summed E-state index contributed by atoms with van der Waals surface area (Å²) in [4.78, 5) is 25.6. The number of phosphoric acid groups is 1. The molecule has 0 radical (unpaired) electrons. The van der Waals surface area contributed by atoms with Crippen LogP contribution in [0.3, 0.4) is 0 Å². The van der Waals surface area contributed by atoms with Gasteiger partial charge in [-0.3, -0.25) is 0 Å². The summed E-state index contributed by atoms with van der Waals surface area (Å²) in [5.41, 5.74) is 0. The molecule has 0 amide bonds. The van der Waals surface area contributed by atoms with Crippen molar-refractivity contribution in [2.45, 2.75) is 97.8 Å². The topological polar surface area (TPSA) is 86.2 Å². The summed E-state index contributed by atoms with van der Waals surface area (Å²) in [6.07, 6.45) is 19.5. The molecule has 4 nitrogen and oxygen atoms in total. The van der Waals surface area contributed by atoms with Crippen LogP contribution in [-0.4, -0.2) is 18.5 Å². The number of benzene rings is 9. The molecule has 8 heteroatoms. The molecule has 0 atom stereocenters. The number of hydrogen-bond acceptors (Lipinski definition) is 4. The average molecular weight is 1140 g/mol. The Kier molecular flexibility index (Phi) is 27.5. The van der Waals surface area contributed by atoms with Crippen LogP contribution < -0.4 is 62.4 Å². The van der Waals surface area contributed by atoms with Gasteiger partial charge < -0.3 is 19.2 Å². The van der Waals surface area contributed by atoms with Crippen LogP contribution in [0.15, 0.2) is 273 Å². The second-order valence-electron chi connectivity index (χ2n) is 20.2. The highest BCUT2D eigenvalue weighted by molar-refractivity contribution is 7.96. The van der Waals surface area contributed by atoms with Gasteiger partial charge in [0.2, 0.25) is 0 Å². The molecule has 80 heavy (non-hydrogen) atoms. The van der Waals surface area contributed by atoms with Gasteiger partial charge in [0.05, 0.1) is 18.5 Å². The molecule has 9 aromatic rings. The third-order valence-corrected chi connectivity index (χ3v) is 28.4. The standard InChI is InChI=1S/3C24H28P.H3O4P/c3*1-2-3-4-14-21-25(22-15-8-5-9-16-22,23-17-10-6-11-18-23)24-19-12-7-13-20-24;1-5(2,3)4/h3*5-13,15-20H,2-4,14,21H2,1H3;(H3,1,2,3,4)/q3*+1;/p-3. The molecule has 0 spiro atoms. The maximum Gasteiger partial charge on any atom is 0.112 e. The van der Waals surface area contributed by atoms with Gasteiger partial charge in [-0.15, -0.1) is 0 Å². The average Bonchev–Trinajstić information content (AvgIpc) is 3.65. The van der Waals surface area contributed by atoms with Crippen LogP contribution in [0.5, 0.6) is 0 Å². The highest BCUT2D eigenvalue weighted by atomic mass is 31.2. The minimum atomic E-state index is -5.39. The summed E-state index contributed by atoms with van der Waals surface area (Å²) in [5, 5.41) is 13.5. The van der Waals surface area contributed by atoms with E-state index in [1.165, 1.54) is 143 Å². The molecule has 0 saturated carbocycles. The summed E-state index contributed by atoms with van der Waals surface area (Å²) in [6, 6.07) is 101.